The zero-order valence-electron chi connectivity index (χ0n) is 14.6. The summed E-state index contributed by atoms with van der Waals surface area (Å²) >= 11 is 2.02. The van der Waals surface area contributed by atoms with Crippen LogP contribution in [0.2, 0.25) is 0 Å². The number of para-hydroxylation sites is 1. The minimum atomic E-state index is -3.92. The number of nitrogens with one attached hydrogen (secondary N) is 1. The van der Waals surface area contributed by atoms with Crippen molar-refractivity contribution in [2.45, 2.75) is 15.9 Å². The number of amidine groups is 1. The van der Waals surface area contributed by atoms with Gasteiger partial charge in [-0.15, -0.1) is 22.3 Å². The summed E-state index contributed by atoms with van der Waals surface area (Å²) < 4.78 is 28.8. The van der Waals surface area contributed by atoms with Crippen molar-refractivity contribution in [2.75, 3.05) is 11.9 Å². The minimum Gasteiger partial charge on any atom is -0.326 e. The largest absolute Gasteiger partial charge is 0.326 e. The number of carbonyl (C=O) groups excluding carboxylic acids is 2. The Morgan fingerprint density at radius 1 is 1.25 bits per heavy atom. The third-order valence-electron chi connectivity index (χ3n) is 3.71. The summed E-state index contributed by atoms with van der Waals surface area (Å²) in [7, 11) is -3.92. The SMILES string of the molecule is C=CCN1C(=O)C(CC(=O)Nc2ccccc2)S/C1=N/S(=O)(=O)c1cccs1. The van der Waals surface area contributed by atoms with Crippen LogP contribution in [0.15, 0.2) is 69.1 Å². The Kier molecular flexibility index (Phi) is 6.32. The number of benzene rings is 1. The quantitative estimate of drug-likeness (QED) is 0.675. The summed E-state index contributed by atoms with van der Waals surface area (Å²) in [6, 6.07) is 12.0. The van der Waals surface area contributed by atoms with Crippen LogP contribution in [0.5, 0.6) is 0 Å². The van der Waals surface area contributed by atoms with Gasteiger partial charge in [0.05, 0.1) is 0 Å². The molecule has 0 radical (unpaired) electrons. The Morgan fingerprint density at radius 2 is 2.00 bits per heavy atom. The summed E-state index contributed by atoms with van der Waals surface area (Å²) in [6.07, 6.45) is 1.39. The van der Waals surface area contributed by atoms with E-state index in [0.29, 0.717) is 5.69 Å². The van der Waals surface area contributed by atoms with Crippen LogP contribution in [0.1, 0.15) is 6.42 Å². The highest BCUT2D eigenvalue weighted by Crippen LogP contribution is 2.31. The maximum atomic E-state index is 12.7. The molecule has 7 nitrogen and oxygen atoms in total. The highest BCUT2D eigenvalue weighted by molar-refractivity contribution is 8.16. The van der Waals surface area contributed by atoms with Gasteiger partial charge in [0.2, 0.25) is 11.8 Å². The number of anilines is 1. The lowest BCUT2D eigenvalue weighted by Gasteiger charge is -2.13. The van der Waals surface area contributed by atoms with Gasteiger partial charge in [-0.05, 0) is 23.6 Å². The Bertz CT molecular complexity index is 1000. The molecule has 1 aromatic heterocycles. The van der Waals surface area contributed by atoms with E-state index in [1.54, 1.807) is 35.7 Å². The van der Waals surface area contributed by atoms with Gasteiger partial charge in [0, 0.05) is 18.7 Å². The van der Waals surface area contributed by atoms with Crippen molar-refractivity contribution in [3.63, 3.8) is 0 Å². The van der Waals surface area contributed by atoms with Crippen LogP contribution in [0, 0.1) is 0 Å². The normalized spacial score (nSPS) is 18.4. The first-order valence-corrected chi connectivity index (χ1v) is 11.4. The number of amides is 2. The van der Waals surface area contributed by atoms with Gasteiger partial charge >= 0.3 is 0 Å². The number of sulfonamides is 1. The first kappa shape index (κ1) is 20.3. The molecular weight excluding hydrogens is 418 g/mol. The molecule has 2 heterocycles. The van der Waals surface area contributed by atoms with Crippen molar-refractivity contribution < 1.29 is 18.0 Å². The molecule has 1 saturated heterocycles. The van der Waals surface area contributed by atoms with E-state index in [0.717, 1.165) is 23.1 Å². The predicted octanol–water partition coefficient (Wildman–Crippen LogP) is 2.95. The molecule has 1 fully saturated rings. The Morgan fingerprint density at radius 3 is 2.64 bits per heavy atom. The van der Waals surface area contributed by atoms with Gasteiger partial charge in [-0.3, -0.25) is 14.5 Å². The predicted molar refractivity (Wildman–Crippen MR) is 112 cm³/mol. The van der Waals surface area contributed by atoms with Gasteiger partial charge in [-0.1, -0.05) is 42.1 Å². The van der Waals surface area contributed by atoms with Crippen molar-refractivity contribution in [3.8, 4) is 0 Å². The molecule has 1 N–H and O–H groups in total. The lowest BCUT2D eigenvalue weighted by molar-refractivity contribution is -0.127. The fourth-order valence-electron chi connectivity index (χ4n) is 2.47. The third kappa shape index (κ3) is 4.70. The number of rotatable bonds is 7. The van der Waals surface area contributed by atoms with Crippen molar-refractivity contribution in [1.29, 1.82) is 0 Å². The van der Waals surface area contributed by atoms with Crippen LogP contribution in [-0.2, 0) is 19.6 Å². The first-order chi connectivity index (χ1) is 13.4. The standard InChI is InChI=1S/C18H17N3O4S3/c1-2-10-21-17(23)14(12-15(22)19-13-7-4-3-5-8-13)27-18(21)20-28(24,25)16-9-6-11-26-16/h2-9,11,14H,1,10,12H2,(H,19,22)/b20-18+. The monoisotopic (exact) mass is 435 g/mol. The fourth-order valence-corrected chi connectivity index (χ4v) is 5.80. The van der Waals surface area contributed by atoms with Crippen LogP contribution >= 0.6 is 23.1 Å². The van der Waals surface area contributed by atoms with Gasteiger partial charge in [0.1, 0.15) is 9.46 Å². The Labute approximate surface area is 171 Å². The average molecular weight is 436 g/mol. The van der Waals surface area contributed by atoms with Crippen LogP contribution in [0.3, 0.4) is 0 Å². The summed E-state index contributed by atoms with van der Waals surface area (Å²) in [6.45, 7) is 3.71. The second-order valence-corrected chi connectivity index (χ2v) is 9.69. The van der Waals surface area contributed by atoms with Crippen LogP contribution in [0.4, 0.5) is 5.69 Å². The maximum absolute atomic E-state index is 12.7. The number of hydrogen-bond donors (Lipinski definition) is 1. The molecule has 3 rings (SSSR count). The molecule has 1 aliphatic rings. The molecule has 1 aliphatic heterocycles. The van der Waals surface area contributed by atoms with Crippen LogP contribution < -0.4 is 5.32 Å². The highest BCUT2D eigenvalue weighted by Gasteiger charge is 2.39. The van der Waals surface area contributed by atoms with Crippen molar-refractivity contribution in [3.05, 3.63) is 60.5 Å². The zero-order chi connectivity index (χ0) is 20.1. The number of hydrogen-bond acceptors (Lipinski definition) is 6. The Hall–Kier alpha value is -2.43. The number of thioether (sulfide) groups is 1. The van der Waals surface area contributed by atoms with Crippen molar-refractivity contribution >= 4 is 55.8 Å². The molecule has 146 valence electrons. The lowest BCUT2D eigenvalue weighted by atomic mass is 10.2. The van der Waals surface area contributed by atoms with Gasteiger partial charge in [-0.25, -0.2) is 0 Å². The first-order valence-electron chi connectivity index (χ1n) is 8.23. The average Bonchev–Trinajstić information content (AvgIpc) is 3.28. The molecule has 0 bridgehead atoms. The van der Waals surface area contributed by atoms with Crippen LogP contribution in [0.25, 0.3) is 0 Å². The van der Waals surface area contributed by atoms with Crippen LogP contribution in [-0.4, -0.2) is 42.1 Å². The molecule has 28 heavy (non-hydrogen) atoms. The molecule has 1 unspecified atom stereocenters. The fraction of sp³-hybridized carbons (Fsp3) is 0.167. The third-order valence-corrected chi connectivity index (χ3v) is 7.64. The molecular formula is C18H17N3O4S3. The van der Waals surface area contributed by atoms with E-state index >= 15 is 0 Å². The molecule has 1 aromatic carbocycles. The van der Waals surface area contributed by atoms with Gasteiger partial charge in [0.15, 0.2) is 5.17 Å². The van der Waals surface area contributed by atoms with Crippen molar-refractivity contribution in [1.82, 2.24) is 4.90 Å². The molecule has 2 amide bonds. The van der Waals surface area contributed by atoms with E-state index in [9.17, 15) is 18.0 Å². The van der Waals surface area contributed by atoms with Gasteiger partial charge in [0.25, 0.3) is 10.0 Å². The summed E-state index contributed by atoms with van der Waals surface area (Å²) in [5.74, 6) is -0.703. The highest BCUT2D eigenvalue weighted by atomic mass is 32.2. The van der Waals surface area contributed by atoms with E-state index in [1.807, 2.05) is 6.07 Å². The number of thiophene rings is 1. The molecule has 1 atom stereocenters. The second kappa shape index (κ2) is 8.72. The van der Waals surface area contributed by atoms with E-state index in [4.69, 9.17) is 0 Å². The maximum Gasteiger partial charge on any atom is 0.294 e. The topological polar surface area (TPSA) is 95.9 Å². The smallest absolute Gasteiger partial charge is 0.294 e. The molecule has 2 aromatic rings. The van der Waals surface area contributed by atoms with E-state index < -0.39 is 15.3 Å². The zero-order valence-corrected chi connectivity index (χ0v) is 17.1. The number of carbonyl (C=O) groups is 2. The lowest BCUT2D eigenvalue weighted by Crippen LogP contribution is -2.33. The van der Waals surface area contributed by atoms with E-state index in [-0.39, 0.29) is 34.2 Å². The van der Waals surface area contributed by atoms with Gasteiger partial charge in [-0.2, -0.15) is 8.42 Å². The molecule has 0 aliphatic carbocycles. The minimum absolute atomic E-state index is 0.0517. The molecule has 10 heteroatoms. The van der Waals surface area contributed by atoms with Gasteiger partial charge < -0.3 is 5.32 Å². The molecule has 0 spiro atoms. The van der Waals surface area contributed by atoms with E-state index in [1.165, 1.54) is 17.0 Å². The molecule has 0 saturated carbocycles. The summed E-state index contributed by atoms with van der Waals surface area (Å²) in [4.78, 5) is 26.2. The van der Waals surface area contributed by atoms with E-state index in [2.05, 4.69) is 16.3 Å². The number of nitrogens with zero attached hydrogens (tertiary/aromatic N) is 2. The van der Waals surface area contributed by atoms with Crippen molar-refractivity contribution in [2.24, 2.45) is 4.40 Å². The summed E-state index contributed by atoms with van der Waals surface area (Å²) in [5.41, 5.74) is 0.625. The summed E-state index contributed by atoms with van der Waals surface area (Å²) in [5, 5.41) is 3.66. The second-order valence-electron chi connectivity index (χ2n) is 5.74. The Balaban J connectivity index is 1.77.